The first-order chi connectivity index (χ1) is 30.1. The highest BCUT2D eigenvalue weighted by molar-refractivity contribution is 7.98. The highest BCUT2D eigenvalue weighted by Gasteiger charge is 2.20. The van der Waals surface area contributed by atoms with Crippen molar-refractivity contribution in [3.63, 3.8) is 0 Å². The minimum atomic E-state index is -3.50. The summed E-state index contributed by atoms with van der Waals surface area (Å²) in [5.41, 5.74) is 6.02. The lowest BCUT2D eigenvalue weighted by atomic mass is 10.1. The second kappa shape index (κ2) is 21.5. The number of urea groups is 2. The molecule has 6 heterocycles. The Labute approximate surface area is 375 Å². The summed E-state index contributed by atoms with van der Waals surface area (Å²) in [5, 5.41) is 12.5. The second-order valence-electron chi connectivity index (χ2n) is 15.0. The van der Waals surface area contributed by atoms with Crippen LogP contribution < -0.4 is 31.1 Å². The van der Waals surface area contributed by atoms with Crippen molar-refractivity contribution in [1.29, 1.82) is 0 Å². The Kier molecular flexibility index (Phi) is 15.4. The van der Waals surface area contributed by atoms with Crippen molar-refractivity contribution in [1.82, 2.24) is 19.9 Å². The lowest BCUT2D eigenvalue weighted by Gasteiger charge is -2.30. The van der Waals surface area contributed by atoms with E-state index in [1.165, 1.54) is 73.3 Å². The maximum Gasteiger partial charge on any atom is 0.325 e. The van der Waals surface area contributed by atoms with E-state index in [9.17, 15) is 18.0 Å². The molecule has 6 aromatic rings. The van der Waals surface area contributed by atoms with Crippen molar-refractivity contribution in [2.45, 2.75) is 73.7 Å². The molecule has 0 spiro atoms. The number of hydrogen-bond donors (Lipinski definition) is 4. The number of rotatable bonds is 12. The van der Waals surface area contributed by atoms with Gasteiger partial charge in [0, 0.05) is 83.8 Å². The molecule has 2 aliphatic rings. The number of thioether (sulfide) groups is 1. The zero-order valence-electron chi connectivity index (χ0n) is 34.7. The number of benzene rings is 2. The van der Waals surface area contributed by atoms with Crippen LogP contribution in [0, 0.1) is 13.8 Å². The number of nitrogens with one attached hydrogen (secondary N) is 4. The fourth-order valence-corrected chi connectivity index (χ4v) is 11.2. The van der Waals surface area contributed by atoms with Crippen LogP contribution in [0.1, 0.15) is 59.4 Å². The minimum absolute atomic E-state index is 0.185. The number of hydrogen-bond acceptors (Lipinski definition) is 13. The lowest BCUT2D eigenvalue weighted by molar-refractivity contribution is 0.261. The average Bonchev–Trinajstić information content (AvgIpc) is 3.93. The number of aryl methyl sites for hydroxylation is 2. The molecule has 0 bridgehead atoms. The van der Waals surface area contributed by atoms with Crippen molar-refractivity contribution in [3.05, 3.63) is 119 Å². The Balaban J connectivity index is 0.000000187. The van der Waals surface area contributed by atoms with E-state index in [1.807, 2.05) is 49.5 Å². The number of aromatic nitrogens is 4. The molecule has 62 heavy (non-hydrogen) atoms. The van der Waals surface area contributed by atoms with E-state index in [2.05, 4.69) is 70.1 Å². The minimum Gasteiger partial charge on any atom is -0.370 e. The molecule has 0 unspecified atom stereocenters. The van der Waals surface area contributed by atoms with Gasteiger partial charge in [0.25, 0.3) is 0 Å². The SMILES string of the molecule is Cc1ccc(NC(=O)Nc2ncc(CS(=O)(=O)c3ccncc3)s2)c(N2CCCCC2)c1.Cc1ccc(NC(=O)Nc2ncc(CSc3ccncc3)s2)c(N2CCCCC2)c1. The van der Waals surface area contributed by atoms with E-state index in [0.29, 0.717) is 15.1 Å². The van der Waals surface area contributed by atoms with E-state index in [1.54, 1.807) is 24.2 Å². The summed E-state index contributed by atoms with van der Waals surface area (Å²) in [6.45, 7) is 8.13. The standard InChI is InChI=1S/C22H25N5O3S2.C22H25N5OS2/c1-16-5-6-19(20(13-16)27-11-3-2-4-12-27)25-21(28)26-22-24-14-17(31-22)15-32(29,30)18-7-9-23-10-8-18;1-16-5-6-19(20(13-16)27-11-3-2-4-12-27)25-21(28)26-22-24-14-18(30-22)15-29-17-7-9-23-10-8-17/h5-10,13-14H,2-4,11-12,15H2,1H3,(H2,24,25,26,28);5-10,13-14H,2-4,11-12,15H2,1H3,(H2,24,25,26,28). The number of amides is 4. The molecule has 4 N–H and O–H groups in total. The van der Waals surface area contributed by atoms with Gasteiger partial charge in [-0.2, -0.15) is 0 Å². The first-order valence-electron chi connectivity index (χ1n) is 20.5. The monoisotopic (exact) mass is 910 g/mol. The number of carbonyl (C=O) groups is 2. The normalized spacial score (nSPS) is 14.0. The van der Waals surface area contributed by atoms with Gasteiger partial charge in [0.15, 0.2) is 20.1 Å². The third kappa shape index (κ3) is 12.7. The molecule has 8 rings (SSSR count). The van der Waals surface area contributed by atoms with E-state index in [-0.39, 0.29) is 16.7 Å². The molecule has 0 saturated carbocycles. The molecule has 0 radical (unpaired) electrons. The van der Waals surface area contributed by atoms with E-state index >= 15 is 0 Å². The summed E-state index contributed by atoms with van der Waals surface area (Å²) in [5.74, 6) is 0.622. The molecule has 0 aliphatic carbocycles. The fraction of sp³-hybridized carbons (Fsp3) is 0.318. The van der Waals surface area contributed by atoms with Crippen LogP contribution in [0.15, 0.2) is 108 Å². The Morgan fingerprint density at radius 1 is 0.629 bits per heavy atom. The van der Waals surface area contributed by atoms with Gasteiger partial charge in [-0.05, 0) is 112 Å². The highest BCUT2D eigenvalue weighted by Crippen LogP contribution is 2.33. The van der Waals surface area contributed by atoms with Gasteiger partial charge < -0.3 is 20.4 Å². The summed E-state index contributed by atoms with van der Waals surface area (Å²) < 4.78 is 25.1. The van der Waals surface area contributed by atoms with Crippen LogP contribution in [0.2, 0.25) is 0 Å². The third-order valence-corrected chi connectivity index (χ3v) is 15.0. The zero-order valence-corrected chi connectivity index (χ0v) is 37.9. The van der Waals surface area contributed by atoms with Gasteiger partial charge in [0.05, 0.1) is 33.4 Å². The second-order valence-corrected chi connectivity index (χ2v) is 20.2. The van der Waals surface area contributed by atoms with Crippen molar-refractivity contribution >= 4 is 89.3 Å². The van der Waals surface area contributed by atoms with Gasteiger partial charge in [0.2, 0.25) is 0 Å². The van der Waals surface area contributed by atoms with Gasteiger partial charge in [-0.15, -0.1) is 34.4 Å². The average molecular weight is 911 g/mol. The first-order valence-corrected chi connectivity index (χ1v) is 24.8. The number of pyridine rings is 2. The summed E-state index contributed by atoms with van der Waals surface area (Å²) in [7, 11) is -3.50. The van der Waals surface area contributed by atoms with E-state index < -0.39 is 15.9 Å². The summed E-state index contributed by atoms with van der Waals surface area (Å²) in [4.78, 5) is 49.3. The van der Waals surface area contributed by atoms with Gasteiger partial charge in [-0.3, -0.25) is 20.6 Å². The molecule has 2 aromatic carbocycles. The van der Waals surface area contributed by atoms with Crippen molar-refractivity contribution in [2.75, 3.05) is 57.2 Å². The smallest absolute Gasteiger partial charge is 0.325 e. The molecule has 4 aromatic heterocycles. The number of piperidine rings is 2. The number of thiazole rings is 2. The molecule has 324 valence electrons. The van der Waals surface area contributed by atoms with Crippen LogP contribution in [0.5, 0.6) is 0 Å². The van der Waals surface area contributed by atoms with Gasteiger partial charge in [0.1, 0.15) is 0 Å². The van der Waals surface area contributed by atoms with E-state index in [0.717, 1.165) is 94.2 Å². The van der Waals surface area contributed by atoms with Crippen molar-refractivity contribution < 1.29 is 18.0 Å². The Morgan fingerprint density at radius 2 is 1.10 bits per heavy atom. The van der Waals surface area contributed by atoms with Gasteiger partial charge in [-0.25, -0.2) is 28.0 Å². The van der Waals surface area contributed by atoms with Crippen LogP contribution in [0.3, 0.4) is 0 Å². The molecule has 2 aliphatic heterocycles. The van der Waals surface area contributed by atoms with E-state index in [4.69, 9.17) is 0 Å². The topological polar surface area (TPSA) is 174 Å². The fourth-order valence-electron chi connectivity index (χ4n) is 7.06. The predicted octanol–water partition coefficient (Wildman–Crippen LogP) is 10.2. The predicted molar refractivity (Wildman–Crippen MR) is 253 cm³/mol. The molecule has 0 atom stereocenters. The van der Waals surface area contributed by atoms with Gasteiger partial charge in [-0.1, -0.05) is 12.1 Å². The third-order valence-electron chi connectivity index (χ3n) is 10.1. The Hall–Kier alpha value is -5.56. The molecule has 14 nitrogen and oxygen atoms in total. The van der Waals surface area contributed by atoms with Crippen LogP contribution in [-0.4, -0.2) is 66.6 Å². The maximum absolute atomic E-state index is 12.6. The molecular formula is C44H50N10O4S4. The quantitative estimate of drug-likeness (QED) is 0.0861. The number of nitrogens with zero attached hydrogens (tertiary/aromatic N) is 6. The zero-order chi connectivity index (χ0) is 43.3. The summed E-state index contributed by atoms with van der Waals surface area (Å²) in [6, 6.07) is 18.4. The van der Waals surface area contributed by atoms with Crippen LogP contribution >= 0.6 is 34.4 Å². The first kappa shape index (κ1) is 44.5. The highest BCUT2D eigenvalue weighted by atomic mass is 32.2. The summed E-state index contributed by atoms with van der Waals surface area (Å²) >= 11 is 4.36. The van der Waals surface area contributed by atoms with Gasteiger partial charge >= 0.3 is 12.1 Å². The number of anilines is 6. The molecule has 2 fully saturated rings. The van der Waals surface area contributed by atoms with Crippen LogP contribution in [0.25, 0.3) is 0 Å². The van der Waals surface area contributed by atoms with Crippen molar-refractivity contribution in [2.24, 2.45) is 0 Å². The Morgan fingerprint density at radius 3 is 1.61 bits per heavy atom. The largest absolute Gasteiger partial charge is 0.370 e. The molecule has 2 saturated heterocycles. The maximum atomic E-state index is 12.6. The summed E-state index contributed by atoms with van der Waals surface area (Å²) in [6.07, 6.45) is 16.9. The van der Waals surface area contributed by atoms with Crippen LogP contribution in [-0.2, 0) is 21.3 Å². The Bertz CT molecular complexity index is 2530. The number of carbonyl (C=O) groups excluding carboxylic acids is 2. The molecular weight excluding hydrogens is 861 g/mol. The lowest BCUT2D eigenvalue weighted by Crippen LogP contribution is -2.31. The molecule has 4 amide bonds. The van der Waals surface area contributed by atoms with Crippen molar-refractivity contribution in [3.8, 4) is 0 Å². The number of sulfone groups is 1. The molecule has 18 heteroatoms. The van der Waals surface area contributed by atoms with Crippen LogP contribution in [0.4, 0.5) is 42.6 Å².